The molecule has 3 aromatic rings. The van der Waals surface area contributed by atoms with E-state index >= 15 is 0 Å². The van der Waals surface area contributed by atoms with Crippen molar-refractivity contribution in [3.63, 3.8) is 0 Å². The molecular formula is C16H17F2N7OS. The Bertz CT molecular complexity index is 914. The van der Waals surface area contributed by atoms with Crippen LogP contribution in [-0.2, 0) is 0 Å². The molecule has 1 saturated heterocycles. The van der Waals surface area contributed by atoms with E-state index in [9.17, 15) is 8.78 Å². The number of rotatable bonds is 5. The molecule has 8 nitrogen and oxygen atoms in total. The van der Waals surface area contributed by atoms with Crippen LogP contribution in [-0.4, -0.2) is 35.4 Å². The number of nitrogen functional groups attached to an aromatic ring is 1. The summed E-state index contributed by atoms with van der Waals surface area (Å²) in [5.74, 6) is 0.0845. The number of thioether (sulfide) groups is 1. The monoisotopic (exact) mass is 393 g/mol. The van der Waals surface area contributed by atoms with Crippen molar-refractivity contribution < 1.29 is 13.2 Å². The van der Waals surface area contributed by atoms with E-state index in [0.717, 1.165) is 18.4 Å². The smallest absolute Gasteiger partial charge is 0.314 e. The lowest BCUT2D eigenvalue weighted by atomic mass is 10.1. The van der Waals surface area contributed by atoms with E-state index in [1.807, 2.05) is 16.9 Å². The SMILES string of the molecule is CC(C1CCC(c2nnc(C(F)F)o2)S1)n1cc(-c2ccc(N)nc2)nn1. The van der Waals surface area contributed by atoms with Crippen molar-refractivity contribution >= 4 is 17.6 Å². The highest BCUT2D eigenvalue weighted by atomic mass is 32.2. The van der Waals surface area contributed by atoms with Crippen LogP contribution < -0.4 is 5.73 Å². The molecule has 0 aromatic carbocycles. The molecular weight excluding hydrogens is 376 g/mol. The van der Waals surface area contributed by atoms with Crippen LogP contribution in [0.25, 0.3) is 11.3 Å². The van der Waals surface area contributed by atoms with Gasteiger partial charge in [0.2, 0.25) is 5.89 Å². The topological polar surface area (TPSA) is 109 Å². The lowest BCUT2D eigenvalue weighted by molar-refractivity contribution is 0.113. The van der Waals surface area contributed by atoms with Crippen LogP contribution in [0.1, 0.15) is 49.3 Å². The molecule has 27 heavy (non-hydrogen) atoms. The van der Waals surface area contributed by atoms with Gasteiger partial charge >= 0.3 is 6.43 Å². The minimum absolute atomic E-state index is 0.0699. The summed E-state index contributed by atoms with van der Waals surface area (Å²) >= 11 is 1.64. The van der Waals surface area contributed by atoms with Crippen molar-refractivity contribution in [2.45, 2.75) is 42.7 Å². The van der Waals surface area contributed by atoms with E-state index in [1.165, 1.54) is 0 Å². The van der Waals surface area contributed by atoms with Crippen molar-refractivity contribution in [1.82, 2.24) is 30.2 Å². The number of aromatic nitrogens is 6. The molecule has 0 aliphatic carbocycles. The number of alkyl halides is 2. The minimum Gasteiger partial charge on any atom is -0.419 e. The fraction of sp³-hybridized carbons (Fsp3) is 0.438. The summed E-state index contributed by atoms with van der Waals surface area (Å²) in [6, 6.07) is 3.63. The van der Waals surface area contributed by atoms with E-state index in [4.69, 9.17) is 10.2 Å². The van der Waals surface area contributed by atoms with Gasteiger partial charge < -0.3 is 10.2 Å². The molecule has 0 spiro atoms. The highest BCUT2D eigenvalue weighted by Gasteiger charge is 2.35. The Morgan fingerprint density at radius 2 is 2.11 bits per heavy atom. The highest BCUT2D eigenvalue weighted by Crippen LogP contribution is 2.48. The molecule has 2 N–H and O–H groups in total. The van der Waals surface area contributed by atoms with Crippen LogP contribution in [0.2, 0.25) is 0 Å². The number of halogens is 2. The van der Waals surface area contributed by atoms with Gasteiger partial charge in [-0.2, -0.15) is 8.78 Å². The van der Waals surface area contributed by atoms with Crippen molar-refractivity contribution in [1.29, 1.82) is 0 Å². The van der Waals surface area contributed by atoms with Crippen molar-refractivity contribution in [3.05, 3.63) is 36.3 Å². The van der Waals surface area contributed by atoms with Crippen LogP contribution in [0.5, 0.6) is 0 Å². The molecule has 3 aromatic heterocycles. The average Bonchev–Trinajstić information content (AvgIpc) is 3.40. The van der Waals surface area contributed by atoms with Gasteiger partial charge in [-0.3, -0.25) is 0 Å². The fourth-order valence-corrected chi connectivity index (χ4v) is 4.53. The van der Waals surface area contributed by atoms with Crippen LogP contribution >= 0.6 is 11.8 Å². The second-order valence-electron chi connectivity index (χ2n) is 6.32. The first-order valence-electron chi connectivity index (χ1n) is 8.42. The predicted octanol–water partition coefficient (Wildman–Crippen LogP) is 3.44. The summed E-state index contributed by atoms with van der Waals surface area (Å²) < 4.78 is 32.1. The maximum absolute atomic E-state index is 12.6. The standard InChI is InChI=1S/C16H17F2N7OS/c1-8(25-7-10(21-24-25)9-2-5-13(19)20-6-9)11-3-4-12(27-11)15-22-23-16(26-15)14(17)18/h2,5-8,11-12,14H,3-4H2,1H3,(H2,19,20). The summed E-state index contributed by atoms with van der Waals surface area (Å²) in [4.78, 5) is 4.06. The van der Waals surface area contributed by atoms with Gasteiger partial charge in [-0.1, -0.05) is 5.21 Å². The molecule has 1 fully saturated rings. The van der Waals surface area contributed by atoms with Crippen LogP contribution in [0, 0.1) is 0 Å². The van der Waals surface area contributed by atoms with Gasteiger partial charge in [0.25, 0.3) is 5.89 Å². The third-order valence-electron chi connectivity index (χ3n) is 4.52. The molecule has 0 amide bonds. The number of hydrogen-bond donors (Lipinski definition) is 1. The van der Waals surface area contributed by atoms with E-state index in [-0.39, 0.29) is 22.4 Å². The predicted molar refractivity (Wildman–Crippen MR) is 95.0 cm³/mol. The third kappa shape index (κ3) is 3.64. The molecule has 4 heterocycles. The molecule has 0 radical (unpaired) electrons. The Morgan fingerprint density at radius 1 is 1.26 bits per heavy atom. The quantitative estimate of drug-likeness (QED) is 0.702. The first-order chi connectivity index (χ1) is 13.0. The lowest BCUT2D eigenvalue weighted by Gasteiger charge is -2.18. The molecule has 4 rings (SSSR count). The Hall–Kier alpha value is -2.56. The lowest BCUT2D eigenvalue weighted by Crippen LogP contribution is -2.17. The molecule has 11 heteroatoms. The Labute approximate surface area is 157 Å². The summed E-state index contributed by atoms with van der Waals surface area (Å²) in [6.07, 6.45) is 2.46. The van der Waals surface area contributed by atoms with Gasteiger partial charge in [-0.05, 0) is 31.9 Å². The summed E-state index contributed by atoms with van der Waals surface area (Å²) in [5, 5.41) is 15.8. The van der Waals surface area contributed by atoms with Crippen LogP contribution in [0.15, 0.2) is 28.9 Å². The van der Waals surface area contributed by atoms with Crippen molar-refractivity contribution in [3.8, 4) is 11.3 Å². The van der Waals surface area contributed by atoms with Crippen molar-refractivity contribution in [2.75, 3.05) is 5.73 Å². The van der Waals surface area contributed by atoms with E-state index in [1.54, 1.807) is 24.0 Å². The van der Waals surface area contributed by atoms with Crippen LogP contribution in [0.3, 0.4) is 0 Å². The first-order valence-corrected chi connectivity index (χ1v) is 9.36. The molecule has 0 bridgehead atoms. The molecule has 142 valence electrons. The zero-order valence-corrected chi connectivity index (χ0v) is 15.2. The Balaban J connectivity index is 1.44. The Kier molecular flexibility index (Phi) is 4.77. The summed E-state index contributed by atoms with van der Waals surface area (Å²) in [5.41, 5.74) is 7.16. The Morgan fingerprint density at radius 3 is 2.81 bits per heavy atom. The molecule has 3 unspecified atom stereocenters. The van der Waals surface area contributed by atoms with Crippen molar-refractivity contribution in [2.24, 2.45) is 0 Å². The zero-order chi connectivity index (χ0) is 19.0. The first kappa shape index (κ1) is 17.8. The fourth-order valence-electron chi connectivity index (χ4n) is 3.00. The normalized spacial score (nSPS) is 21.0. The second-order valence-corrected chi connectivity index (χ2v) is 7.76. The summed E-state index contributed by atoms with van der Waals surface area (Å²) in [7, 11) is 0. The second kappa shape index (κ2) is 7.22. The zero-order valence-electron chi connectivity index (χ0n) is 14.4. The molecule has 1 aliphatic rings. The van der Waals surface area contributed by atoms with Gasteiger partial charge in [0, 0.05) is 17.0 Å². The number of hydrogen-bond acceptors (Lipinski definition) is 8. The van der Waals surface area contributed by atoms with Gasteiger partial charge in [0.1, 0.15) is 11.5 Å². The van der Waals surface area contributed by atoms with Gasteiger partial charge in [0.05, 0.1) is 17.5 Å². The molecule has 3 atom stereocenters. The minimum atomic E-state index is -2.75. The maximum atomic E-state index is 12.6. The van der Waals surface area contributed by atoms with E-state index in [2.05, 4.69) is 32.4 Å². The molecule has 0 saturated carbocycles. The molecule has 1 aliphatic heterocycles. The number of anilines is 1. The summed E-state index contributed by atoms with van der Waals surface area (Å²) in [6.45, 7) is 2.05. The number of nitrogens with two attached hydrogens (primary N) is 1. The average molecular weight is 393 g/mol. The largest absolute Gasteiger partial charge is 0.419 e. The van der Waals surface area contributed by atoms with Gasteiger partial charge in [0.15, 0.2) is 0 Å². The van der Waals surface area contributed by atoms with Gasteiger partial charge in [-0.15, -0.1) is 27.1 Å². The van der Waals surface area contributed by atoms with Crippen LogP contribution in [0.4, 0.5) is 14.6 Å². The van der Waals surface area contributed by atoms with Gasteiger partial charge in [-0.25, -0.2) is 9.67 Å². The third-order valence-corrected chi connectivity index (χ3v) is 6.26. The van der Waals surface area contributed by atoms with E-state index < -0.39 is 12.3 Å². The number of pyridine rings is 1. The number of nitrogens with zero attached hydrogens (tertiary/aromatic N) is 6. The highest BCUT2D eigenvalue weighted by molar-refractivity contribution is 8.00. The maximum Gasteiger partial charge on any atom is 0.314 e. The van der Waals surface area contributed by atoms with E-state index in [0.29, 0.717) is 11.5 Å².